The Balaban J connectivity index is 2.04. The molecule has 24 heavy (non-hydrogen) atoms. The van der Waals surface area contributed by atoms with Crippen LogP contribution in [0.25, 0.3) is 22.3 Å². The molecule has 1 atom stereocenters. The van der Waals surface area contributed by atoms with Gasteiger partial charge in [0.05, 0.1) is 11.1 Å². The number of ether oxygens (including phenoxy) is 1. The zero-order valence-electron chi connectivity index (χ0n) is 13.0. The normalized spacial score (nSPS) is 11.8. The summed E-state index contributed by atoms with van der Waals surface area (Å²) in [6.07, 6.45) is 0.0431. The molecule has 5 heteroatoms. The molecular weight excluding hydrogens is 306 g/mol. The first-order chi connectivity index (χ1) is 11.6. The number of aromatic carboxylic acids is 1. The van der Waals surface area contributed by atoms with Crippen molar-refractivity contribution in [3.63, 3.8) is 0 Å². The lowest BCUT2D eigenvalue weighted by atomic mass is 10.1. The second-order valence-corrected chi connectivity index (χ2v) is 5.31. The van der Waals surface area contributed by atoms with Gasteiger partial charge in [-0.1, -0.05) is 25.1 Å². The Hall–Kier alpha value is -3.26. The van der Waals surface area contributed by atoms with Crippen LogP contribution in [-0.2, 0) is 0 Å². The lowest BCUT2D eigenvalue weighted by Gasteiger charge is -2.13. The molecule has 0 amide bonds. The van der Waals surface area contributed by atoms with Gasteiger partial charge in [-0.05, 0) is 36.8 Å². The predicted octanol–water partition coefficient (Wildman–Crippen LogP) is 4.48. The van der Waals surface area contributed by atoms with Gasteiger partial charge in [0.1, 0.15) is 23.2 Å². The van der Waals surface area contributed by atoms with Gasteiger partial charge >= 0.3 is 5.97 Å². The highest BCUT2D eigenvalue weighted by Gasteiger charge is 2.15. The first kappa shape index (κ1) is 15.6. The molecule has 1 N–H and O–H groups in total. The van der Waals surface area contributed by atoms with Gasteiger partial charge in [-0.3, -0.25) is 0 Å². The third-order valence-electron chi connectivity index (χ3n) is 3.70. The molecule has 1 aromatic heterocycles. The van der Waals surface area contributed by atoms with E-state index in [2.05, 4.69) is 6.07 Å². The quantitative estimate of drug-likeness (QED) is 0.749. The zero-order valence-corrected chi connectivity index (χ0v) is 13.0. The van der Waals surface area contributed by atoms with Crippen LogP contribution in [0.15, 0.2) is 52.9 Å². The van der Waals surface area contributed by atoms with Crippen LogP contribution in [0.3, 0.4) is 0 Å². The van der Waals surface area contributed by atoms with Crippen LogP contribution in [0.4, 0.5) is 0 Å². The number of furan rings is 1. The van der Waals surface area contributed by atoms with E-state index in [0.29, 0.717) is 23.5 Å². The molecule has 0 spiro atoms. The number of rotatable bonds is 5. The Morgan fingerprint density at radius 1 is 1.29 bits per heavy atom. The first-order valence-electron chi connectivity index (χ1n) is 7.55. The van der Waals surface area contributed by atoms with Gasteiger partial charge in [0.15, 0.2) is 6.10 Å². The van der Waals surface area contributed by atoms with Crippen molar-refractivity contribution in [2.24, 2.45) is 0 Å². The SMILES string of the molecule is CCC(C#N)Oc1ccccc1-c1cc2ccc(C(=O)O)cc2o1. The third-order valence-corrected chi connectivity index (χ3v) is 3.70. The minimum absolute atomic E-state index is 0.170. The maximum atomic E-state index is 11.1. The summed E-state index contributed by atoms with van der Waals surface area (Å²) in [6.45, 7) is 1.88. The predicted molar refractivity (Wildman–Crippen MR) is 88.9 cm³/mol. The molecular formula is C19H15NO4. The maximum Gasteiger partial charge on any atom is 0.335 e. The molecule has 0 bridgehead atoms. The lowest BCUT2D eigenvalue weighted by Crippen LogP contribution is -2.12. The van der Waals surface area contributed by atoms with Gasteiger partial charge in [0.2, 0.25) is 0 Å². The summed E-state index contributed by atoms with van der Waals surface area (Å²) in [7, 11) is 0. The van der Waals surface area contributed by atoms with Crippen molar-refractivity contribution in [1.82, 2.24) is 0 Å². The van der Waals surface area contributed by atoms with Gasteiger partial charge in [-0.25, -0.2) is 4.79 Å². The zero-order chi connectivity index (χ0) is 17.1. The Labute approximate surface area is 138 Å². The Kier molecular flexibility index (Phi) is 4.21. The summed E-state index contributed by atoms with van der Waals surface area (Å²) in [4.78, 5) is 11.1. The van der Waals surface area contributed by atoms with Crippen LogP contribution in [0.5, 0.6) is 5.75 Å². The van der Waals surface area contributed by atoms with E-state index < -0.39 is 12.1 Å². The highest BCUT2D eigenvalue weighted by molar-refractivity contribution is 5.94. The first-order valence-corrected chi connectivity index (χ1v) is 7.55. The lowest BCUT2D eigenvalue weighted by molar-refractivity contribution is 0.0697. The fourth-order valence-electron chi connectivity index (χ4n) is 2.42. The summed E-state index contributed by atoms with van der Waals surface area (Å²) >= 11 is 0. The molecule has 1 unspecified atom stereocenters. The number of para-hydroxylation sites is 1. The molecule has 2 aromatic carbocycles. The molecule has 5 nitrogen and oxygen atoms in total. The summed E-state index contributed by atoms with van der Waals surface area (Å²) in [5.41, 5.74) is 1.38. The average molecular weight is 321 g/mol. The molecule has 3 aromatic rings. The highest BCUT2D eigenvalue weighted by atomic mass is 16.5. The van der Waals surface area contributed by atoms with Crippen LogP contribution in [0, 0.1) is 11.3 Å². The number of benzene rings is 2. The molecule has 3 rings (SSSR count). The standard InChI is InChI=1S/C19H15NO4/c1-2-14(11-20)23-16-6-4-3-5-15(16)18-9-12-7-8-13(19(21)22)10-17(12)24-18/h3-10,14H,2H2,1H3,(H,21,22). The summed E-state index contributed by atoms with van der Waals surface area (Å²) in [5, 5.41) is 19.0. The van der Waals surface area contributed by atoms with Gasteiger partial charge in [0, 0.05) is 5.39 Å². The Morgan fingerprint density at radius 3 is 2.79 bits per heavy atom. The molecule has 0 radical (unpaired) electrons. The molecule has 0 saturated heterocycles. The average Bonchev–Trinajstić information content (AvgIpc) is 3.02. The van der Waals surface area contributed by atoms with Crippen molar-refractivity contribution in [2.45, 2.75) is 19.4 Å². The van der Waals surface area contributed by atoms with Crippen molar-refractivity contribution in [2.75, 3.05) is 0 Å². The summed E-state index contributed by atoms with van der Waals surface area (Å²) in [6, 6.07) is 16.0. The summed E-state index contributed by atoms with van der Waals surface area (Å²) in [5.74, 6) is 0.123. The molecule has 0 aliphatic rings. The van der Waals surface area contributed by atoms with Crippen LogP contribution >= 0.6 is 0 Å². The molecule has 1 heterocycles. The number of carboxylic acid groups (broad SMARTS) is 1. The second kappa shape index (κ2) is 6.47. The smallest absolute Gasteiger partial charge is 0.335 e. The maximum absolute atomic E-state index is 11.1. The Bertz CT molecular complexity index is 936. The van der Waals surface area contributed by atoms with Gasteiger partial charge in [0.25, 0.3) is 0 Å². The number of fused-ring (bicyclic) bond motifs is 1. The van der Waals surface area contributed by atoms with E-state index in [-0.39, 0.29) is 5.56 Å². The second-order valence-electron chi connectivity index (χ2n) is 5.31. The van der Waals surface area contributed by atoms with Gasteiger partial charge in [-0.2, -0.15) is 5.26 Å². The fourth-order valence-corrected chi connectivity index (χ4v) is 2.42. The topological polar surface area (TPSA) is 83.5 Å². The van der Waals surface area contributed by atoms with Crippen molar-refractivity contribution in [3.8, 4) is 23.1 Å². The van der Waals surface area contributed by atoms with E-state index >= 15 is 0 Å². The van der Waals surface area contributed by atoms with Crippen molar-refractivity contribution in [1.29, 1.82) is 5.26 Å². The van der Waals surface area contributed by atoms with E-state index in [4.69, 9.17) is 19.5 Å². The minimum Gasteiger partial charge on any atom is -0.478 e. The minimum atomic E-state index is -1.00. The highest BCUT2D eigenvalue weighted by Crippen LogP contribution is 2.35. The Morgan fingerprint density at radius 2 is 2.08 bits per heavy atom. The summed E-state index contributed by atoms with van der Waals surface area (Å²) < 4.78 is 11.5. The van der Waals surface area contributed by atoms with Crippen LogP contribution in [0.1, 0.15) is 23.7 Å². The van der Waals surface area contributed by atoms with Crippen LogP contribution < -0.4 is 4.74 Å². The van der Waals surface area contributed by atoms with E-state index in [1.165, 1.54) is 12.1 Å². The molecule has 0 aliphatic carbocycles. The van der Waals surface area contributed by atoms with E-state index in [1.807, 2.05) is 31.2 Å². The van der Waals surface area contributed by atoms with Crippen LogP contribution in [-0.4, -0.2) is 17.2 Å². The molecule has 0 saturated carbocycles. The fraction of sp³-hybridized carbons (Fsp3) is 0.158. The number of hydrogen-bond acceptors (Lipinski definition) is 4. The third kappa shape index (κ3) is 2.95. The van der Waals surface area contributed by atoms with E-state index in [1.54, 1.807) is 12.1 Å². The molecule has 0 fully saturated rings. The van der Waals surface area contributed by atoms with E-state index in [9.17, 15) is 4.79 Å². The number of nitrogens with zero attached hydrogens (tertiary/aromatic N) is 1. The van der Waals surface area contributed by atoms with Crippen molar-refractivity contribution < 1.29 is 19.1 Å². The van der Waals surface area contributed by atoms with Gasteiger partial charge in [-0.15, -0.1) is 0 Å². The number of nitriles is 1. The number of carbonyl (C=O) groups is 1. The largest absolute Gasteiger partial charge is 0.478 e. The van der Waals surface area contributed by atoms with E-state index in [0.717, 1.165) is 10.9 Å². The van der Waals surface area contributed by atoms with Crippen LogP contribution in [0.2, 0.25) is 0 Å². The van der Waals surface area contributed by atoms with Crippen molar-refractivity contribution in [3.05, 3.63) is 54.1 Å². The van der Waals surface area contributed by atoms with Gasteiger partial charge < -0.3 is 14.3 Å². The monoisotopic (exact) mass is 321 g/mol. The molecule has 0 aliphatic heterocycles. The molecule has 120 valence electrons. The number of hydrogen-bond donors (Lipinski definition) is 1. The number of carboxylic acids is 1. The van der Waals surface area contributed by atoms with Crippen molar-refractivity contribution >= 4 is 16.9 Å².